The van der Waals surface area contributed by atoms with Crippen molar-refractivity contribution in [1.29, 1.82) is 0 Å². The molecular formula is C10H8N2O. The summed E-state index contributed by atoms with van der Waals surface area (Å²) in [5, 5.41) is 9.55. The second-order valence-corrected chi connectivity index (χ2v) is 2.89. The number of benzene rings is 1. The van der Waals surface area contributed by atoms with Gasteiger partial charge in [-0.15, -0.1) is 0 Å². The standard InChI is InChI=1S/C10H8N2O/c1-7-9(6-13)3-2-8-4-11-12-5-10(7)8/h2-6H,1H3. The van der Waals surface area contributed by atoms with E-state index in [0.29, 0.717) is 5.56 Å². The average molecular weight is 172 g/mol. The number of rotatable bonds is 1. The maximum atomic E-state index is 10.6. The third kappa shape index (κ3) is 1.18. The molecule has 0 amide bonds. The van der Waals surface area contributed by atoms with Gasteiger partial charge in [-0.2, -0.15) is 10.2 Å². The molecule has 0 unspecified atom stereocenters. The first kappa shape index (κ1) is 7.86. The van der Waals surface area contributed by atoms with Crippen molar-refractivity contribution in [3.63, 3.8) is 0 Å². The Hall–Kier alpha value is -1.77. The number of fused-ring (bicyclic) bond motifs is 1. The molecule has 0 N–H and O–H groups in total. The normalized spacial score (nSPS) is 10.2. The molecule has 3 heteroatoms. The molecular weight excluding hydrogens is 164 g/mol. The van der Waals surface area contributed by atoms with Crippen LogP contribution in [0, 0.1) is 6.92 Å². The first-order valence-electron chi connectivity index (χ1n) is 3.98. The Morgan fingerprint density at radius 2 is 2.00 bits per heavy atom. The van der Waals surface area contributed by atoms with Crippen LogP contribution in [0.4, 0.5) is 0 Å². The van der Waals surface area contributed by atoms with Crippen molar-refractivity contribution in [2.24, 2.45) is 0 Å². The van der Waals surface area contributed by atoms with Gasteiger partial charge in [-0.3, -0.25) is 4.79 Å². The van der Waals surface area contributed by atoms with Gasteiger partial charge in [0.25, 0.3) is 0 Å². The summed E-state index contributed by atoms with van der Waals surface area (Å²) < 4.78 is 0. The molecule has 2 aromatic rings. The van der Waals surface area contributed by atoms with E-state index in [1.807, 2.05) is 13.0 Å². The third-order valence-electron chi connectivity index (χ3n) is 2.17. The minimum atomic E-state index is 0.709. The van der Waals surface area contributed by atoms with Crippen molar-refractivity contribution in [3.8, 4) is 0 Å². The molecule has 1 heterocycles. The van der Waals surface area contributed by atoms with E-state index in [0.717, 1.165) is 22.6 Å². The SMILES string of the molecule is Cc1c(C=O)ccc2cnncc12. The third-order valence-corrected chi connectivity index (χ3v) is 2.17. The summed E-state index contributed by atoms with van der Waals surface area (Å²) in [4.78, 5) is 10.6. The number of hydrogen-bond donors (Lipinski definition) is 0. The van der Waals surface area contributed by atoms with Crippen molar-refractivity contribution >= 4 is 17.1 Å². The van der Waals surface area contributed by atoms with Crippen LogP contribution in [0.15, 0.2) is 24.5 Å². The largest absolute Gasteiger partial charge is 0.298 e. The van der Waals surface area contributed by atoms with E-state index in [1.165, 1.54) is 0 Å². The summed E-state index contributed by atoms with van der Waals surface area (Å²) >= 11 is 0. The molecule has 13 heavy (non-hydrogen) atoms. The summed E-state index contributed by atoms with van der Waals surface area (Å²) in [6.45, 7) is 1.91. The smallest absolute Gasteiger partial charge is 0.150 e. The van der Waals surface area contributed by atoms with Crippen LogP contribution in [-0.2, 0) is 0 Å². The van der Waals surface area contributed by atoms with Crippen molar-refractivity contribution in [2.45, 2.75) is 6.92 Å². The molecule has 0 saturated heterocycles. The molecule has 0 atom stereocenters. The van der Waals surface area contributed by atoms with Crippen LogP contribution in [0.3, 0.4) is 0 Å². The van der Waals surface area contributed by atoms with Crippen LogP contribution in [0.2, 0.25) is 0 Å². The lowest BCUT2D eigenvalue weighted by atomic mass is 10.0. The fourth-order valence-electron chi connectivity index (χ4n) is 1.36. The number of aldehydes is 1. The van der Waals surface area contributed by atoms with E-state index in [4.69, 9.17) is 0 Å². The van der Waals surface area contributed by atoms with Gasteiger partial charge in [0.1, 0.15) is 6.29 Å². The summed E-state index contributed by atoms with van der Waals surface area (Å²) in [7, 11) is 0. The molecule has 3 nitrogen and oxygen atoms in total. The van der Waals surface area contributed by atoms with Gasteiger partial charge >= 0.3 is 0 Å². The monoisotopic (exact) mass is 172 g/mol. The van der Waals surface area contributed by atoms with Crippen molar-refractivity contribution in [2.75, 3.05) is 0 Å². The highest BCUT2D eigenvalue weighted by Crippen LogP contribution is 2.18. The number of carbonyl (C=O) groups is 1. The van der Waals surface area contributed by atoms with Gasteiger partial charge in [0.05, 0.1) is 12.4 Å². The molecule has 0 aliphatic rings. The predicted octanol–water partition coefficient (Wildman–Crippen LogP) is 1.75. The van der Waals surface area contributed by atoms with Gasteiger partial charge in [0.15, 0.2) is 0 Å². The number of hydrogen-bond acceptors (Lipinski definition) is 3. The molecule has 0 fully saturated rings. The van der Waals surface area contributed by atoms with Gasteiger partial charge in [-0.1, -0.05) is 12.1 Å². The maximum absolute atomic E-state index is 10.6. The Bertz CT molecular complexity index is 465. The quantitative estimate of drug-likeness (QED) is 0.615. The van der Waals surface area contributed by atoms with Crippen LogP contribution in [0.1, 0.15) is 15.9 Å². The van der Waals surface area contributed by atoms with Gasteiger partial charge in [0, 0.05) is 16.3 Å². The summed E-state index contributed by atoms with van der Waals surface area (Å²) in [6.07, 6.45) is 4.23. The van der Waals surface area contributed by atoms with E-state index < -0.39 is 0 Å². The Kier molecular flexibility index (Phi) is 1.77. The van der Waals surface area contributed by atoms with Crippen molar-refractivity contribution < 1.29 is 4.79 Å². The Morgan fingerprint density at radius 3 is 2.77 bits per heavy atom. The van der Waals surface area contributed by atoms with Crippen LogP contribution in [-0.4, -0.2) is 16.5 Å². The van der Waals surface area contributed by atoms with Crippen LogP contribution < -0.4 is 0 Å². The summed E-state index contributed by atoms with van der Waals surface area (Å²) in [5.74, 6) is 0. The van der Waals surface area contributed by atoms with E-state index in [1.54, 1.807) is 18.5 Å². The van der Waals surface area contributed by atoms with Gasteiger partial charge in [-0.05, 0) is 12.5 Å². The fourth-order valence-corrected chi connectivity index (χ4v) is 1.36. The highest BCUT2D eigenvalue weighted by molar-refractivity contribution is 5.91. The van der Waals surface area contributed by atoms with Crippen LogP contribution >= 0.6 is 0 Å². The molecule has 0 radical (unpaired) electrons. The minimum Gasteiger partial charge on any atom is -0.298 e. The topological polar surface area (TPSA) is 42.9 Å². The highest BCUT2D eigenvalue weighted by Gasteiger charge is 2.01. The lowest BCUT2D eigenvalue weighted by Crippen LogP contribution is -1.89. The predicted molar refractivity (Wildman–Crippen MR) is 49.7 cm³/mol. The second kappa shape index (κ2) is 2.94. The zero-order valence-corrected chi connectivity index (χ0v) is 7.19. The summed E-state index contributed by atoms with van der Waals surface area (Å²) in [6, 6.07) is 3.67. The lowest BCUT2D eigenvalue weighted by Gasteiger charge is -2.02. The Labute approximate surface area is 75.4 Å². The highest BCUT2D eigenvalue weighted by atomic mass is 16.1. The first-order valence-corrected chi connectivity index (χ1v) is 3.98. The zero-order chi connectivity index (χ0) is 9.26. The van der Waals surface area contributed by atoms with Crippen LogP contribution in [0.5, 0.6) is 0 Å². The average Bonchev–Trinajstić information content (AvgIpc) is 2.19. The van der Waals surface area contributed by atoms with E-state index in [2.05, 4.69) is 10.2 Å². The van der Waals surface area contributed by atoms with Gasteiger partial charge in [-0.25, -0.2) is 0 Å². The molecule has 0 aliphatic carbocycles. The number of carbonyl (C=O) groups excluding carboxylic acids is 1. The van der Waals surface area contributed by atoms with E-state index in [9.17, 15) is 4.79 Å². The molecule has 0 spiro atoms. The molecule has 0 saturated carbocycles. The molecule has 64 valence electrons. The minimum absolute atomic E-state index is 0.709. The zero-order valence-electron chi connectivity index (χ0n) is 7.19. The lowest BCUT2D eigenvalue weighted by molar-refractivity contribution is 0.112. The molecule has 0 aliphatic heterocycles. The van der Waals surface area contributed by atoms with Crippen molar-refractivity contribution in [1.82, 2.24) is 10.2 Å². The molecule has 1 aromatic heterocycles. The first-order chi connectivity index (χ1) is 6.33. The number of aryl methyl sites for hydroxylation is 1. The second-order valence-electron chi connectivity index (χ2n) is 2.89. The number of aromatic nitrogens is 2. The van der Waals surface area contributed by atoms with Crippen molar-refractivity contribution in [3.05, 3.63) is 35.7 Å². The Balaban J connectivity index is 2.86. The Morgan fingerprint density at radius 1 is 1.23 bits per heavy atom. The van der Waals surface area contributed by atoms with Gasteiger partial charge < -0.3 is 0 Å². The fraction of sp³-hybridized carbons (Fsp3) is 0.100. The van der Waals surface area contributed by atoms with Crippen LogP contribution in [0.25, 0.3) is 10.8 Å². The van der Waals surface area contributed by atoms with Gasteiger partial charge in [0.2, 0.25) is 0 Å². The van der Waals surface area contributed by atoms with E-state index in [-0.39, 0.29) is 0 Å². The van der Waals surface area contributed by atoms with E-state index >= 15 is 0 Å². The molecule has 2 rings (SSSR count). The number of nitrogens with zero attached hydrogens (tertiary/aromatic N) is 2. The molecule has 0 bridgehead atoms. The maximum Gasteiger partial charge on any atom is 0.150 e. The molecule has 1 aromatic carbocycles. The summed E-state index contributed by atoms with van der Waals surface area (Å²) in [5.41, 5.74) is 1.67.